The lowest BCUT2D eigenvalue weighted by atomic mass is 10.2. The van der Waals surface area contributed by atoms with Gasteiger partial charge < -0.3 is 15.4 Å². The molecule has 2 N–H and O–H groups in total. The van der Waals surface area contributed by atoms with Gasteiger partial charge in [0, 0.05) is 19.5 Å². The highest BCUT2D eigenvalue weighted by Gasteiger charge is 2.23. The first kappa shape index (κ1) is 21.9. The van der Waals surface area contributed by atoms with Gasteiger partial charge >= 0.3 is 6.61 Å². The summed E-state index contributed by atoms with van der Waals surface area (Å²) < 4.78 is 30.4. The topological polar surface area (TPSA) is 103 Å². The molecule has 0 saturated heterocycles. The van der Waals surface area contributed by atoms with Crippen molar-refractivity contribution in [2.24, 2.45) is 5.73 Å². The van der Waals surface area contributed by atoms with Gasteiger partial charge in [-0.05, 0) is 36.8 Å². The van der Waals surface area contributed by atoms with Crippen LogP contribution in [-0.2, 0) is 11.3 Å². The first-order chi connectivity index (χ1) is 14.8. The molecule has 3 aromatic rings. The van der Waals surface area contributed by atoms with Crippen molar-refractivity contribution in [1.29, 1.82) is 0 Å². The van der Waals surface area contributed by atoms with Crippen LogP contribution >= 0.6 is 0 Å². The Morgan fingerprint density at radius 2 is 1.81 bits per heavy atom. The summed E-state index contributed by atoms with van der Waals surface area (Å²) in [6, 6.07) is 15.1. The highest BCUT2D eigenvalue weighted by atomic mass is 19.3. The van der Waals surface area contributed by atoms with Crippen LogP contribution in [0.15, 0.2) is 54.6 Å². The number of benzene rings is 2. The molecule has 3 rings (SSSR count). The number of halogens is 2. The van der Waals surface area contributed by atoms with Gasteiger partial charge in [0.2, 0.25) is 5.91 Å². The van der Waals surface area contributed by atoms with E-state index in [2.05, 4.69) is 15.0 Å². The fourth-order valence-electron chi connectivity index (χ4n) is 2.99. The summed E-state index contributed by atoms with van der Waals surface area (Å²) in [4.78, 5) is 25.9. The SMILES string of the molecule is Cc1c(C(=O)N(CCC(N)=O)Cc2ccccc2)nnn1-c1ccc(OC(F)F)cc1. The molecule has 0 aliphatic carbocycles. The number of hydrogen-bond acceptors (Lipinski definition) is 5. The molecular weight excluding hydrogens is 408 g/mol. The zero-order valence-corrected chi connectivity index (χ0v) is 16.7. The van der Waals surface area contributed by atoms with E-state index in [9.17, 15) is 18.4 Å². The Labute approximate surface area is 177 Å². The van der Waals surface area contributed by atoms with Crippen molar-refractivity contribution < 1.29 is 23.1 Å². The van der Waals surface area contributed by atoms with Crippen LogP contribution in [0.2, 0.25) is 0 Å². The van der Waals surface area contributed by atoms with Crippen LogP contribution in [0, 0.1) is 6.92 Å². The Kier molecular flexibility index (Phi) is 6.91. The minimum atomic E-state index is -2.92. The highest BCUT2D eigenvalue weighted by Crippen LogP contribution is 2.20. The van der Waals surface area contributed by atoms with Gasteiger partial charge in [0.25, 0.3) is 5.91 Å². The van der Waals surface area contributed by atoms with Crippen LogP contribution in [0.25, 0.3) is 5.69 Å². The van der Waals surface area contributed by atoms with E-state index in [1.807, 2.05) is 30.3 Å². The Morgan fingerprint density at radius 1 is 1.13 bits per heavy atom. The number of hydrogen-bond donors (Lipinski definition) is 1. The van der Waals surface area contributed by atoms with Crippen molar-refractivity contribution >= 4 is 11.8 Å². The minimum absolute atomic E-state index is 0.00769. The molecule has 0 spiro atoms. The lowest BCUT2D eigenvalue weighted by Gasteiger charge is -2.21. The number of nitrogens with zero attached hydrogens (tertiary/aromatic N) is 4. The molecular formula is C21H21F2N5O3. The fourth-order valence-corrected chi connectivity index (χ4v) is 2.99. The third kappa shape index (κ3) is 5.62. The predicted octanol–water partition coefficient (Wildman–Crippen LogP) is 2.69. The van der Waals surface area contributed by atoms with Crippen LogP contribution in [0.1, 0.15) is 28.2 Å². The van der Waals surface area contributed by atoms with Crippen LogP contribution in [0.3, 0.4) is 0 Å². The Hall–Kier alpha value is -3.82. The third-order valence-corrected chi connectivity index (χ3v) is 4.54. The second-order valence-corrected chi connectivity index (χ2v) is 6.74. The van der Waals surface area contributed by atoms with Crippen molar-refractivity contribution in [1.82, 2.24) is 19.9 Å². The molecule has 0 unspecified atom stereocenters. The van der Waals surface area contributed by atoms with Crippen LogP contribution in [0.4, 0.5) is 8.78 Å². The Bertz CT molecular complexity index is 1040. The highest BCUT2D eigenvalue weighted by molar-refractivity contribution is 5.93. The maximum absolute atomic E-state index is 13.2. The van der Waals surface area contributed by atoms with E-state index in [-0.39, 0.29) is 31.0 Å². The molecule has 2 amide bonds. The minimum Gasteiger partial charge on any atom is -0.435 e. The lowest BCUT2D eigenvalue weighted by Crippen LogP contribution is -2.34. The van der Waals surface area contributed by atoms with E-state index in [0.717, 1.165) is 5.56 Å². The van der Waals surface area contributed by atoms with Crippen LogP contribution in [-0.4, -0.2) is 44.9 Å². The van der Waals surface area contributed by atoms with Gasteiger partial charge in [-0.3, -0.25) is 9.59 Å². The zero-order chi connectivity index (χ0) is 22.4. The van der Waals surface area contributed by atoms with Crippen molar-refractivity contribution in [2.75, 3.05) is 6.54 Å². The molecule has 0 saturated carbocycles. The standard InChI is InChI=1S/C21H21F2N5O3/c1-14-19(25-26-28(14)16-7-9-17(10-8-16)31-21(22)23)20(30)27(12-11-18(24)29)13-15-5-3-2-4-6-15/h2-10,21H,11-13H2,1H3,(H2,24,29). The number of carbonyl (C=O) groups is 2. The molecule has 10 heteroatoms. The molecule has 31 heavy (non-hydrogen) atoms. The number of amides is 2. The second kappa shape index (κ2) is 9.79. The van der Waals surface area contributed by atoms with E-state index in [1.165, 1.54) is 33.8 Å². The molecule has 8 nitrogen and oxygen atoms in total. The number of ether oxygens (including phenoxy) is 1. The van der Waals surface area contributed by atoms with Gasteiger partial charge in [0.1, 0.15) is 5.75 Å². The summed E-state index contributed by atoms with van der Waals surface area (Å²) >= 11 is 0. The molecule has 1 aromatic heterocycles. The number of alkyl halides is 2. The van der Waals surface area contributed by atoms with Crippen LogP contribution < -0.4 is 10.5 Å². The molecule has 2 aromatic carbocycles. The molecule has 0 bridgehead atoms. The quantitative estimate of drug-likeness (QED) is 0.563. The number of carbonyl (C=O) groups excluding carboxylic acids is 2. The molecule has 1 heterocycles. The third-order valence-electron chi connectivity index (χ3n) is 4.54. The maximum Gasteiger partial charge on any atom is 0.387 e. The fraction of sp³-hybridized carbons (Fsp3) is 0.238. The van der Waals surface area contributed by atoms with E-state index < -0.39 is 18.4 Å². The van der Waals surface area contributed by atoms with E-state index in [4.69, 9.17) is 5.73 Å². The normalized spacial score (nSPS) is 10.8. The maximum atomic E-state index is 13.2. The van der Waals surface area contributed by atoms with Crippen LogP contribution in [0.5, 0.6) is 5.75 Å². The second-order valence-electron chi connectivity index (χ2n) is 6.74. The van der Waals surface area contributed by atoms with Crippen molar-refractivity contribution in [3.63, 3.8) is 0 Å². The summed E-state index contributed by atoms with van der Waals surface area (Å²) in [5.74, 6) is -0.905. The number of nitrogens with two attached hydrogens (primary N) is 1. The van der Waals surface area contributed by atoms with E-state index in [0.29, 0.717) is 11.4 Å². The molecule has 0 fully saturated rings. The van der Waals surface area contributed by atoms with Crippen molar-refractivity contribution in [3.8, 4) is 11.4 Å². The molecule has 0 aliphatic rings. The summed E-state index contributed by atoms with van der Waals surface area (Å²) in [5, 5.41) is 8.03. The summed E-state index contributed by atoms with van der Waals surface area (Å²) in [6.07, 6.45) is 0.0113. The summed E-state index contributed by atoms with van der Waals surface area (Å²) in [7, 11) is 0. The van der Waals surface area contributed by atoms with Crippen molar-refractivity contribution in [3.05, 3.63) is 71.5 Å². The first-order valence-electron chi connectivity index (χ1n) is 9.44. The number of rotatable bonds is 9. The van der Waals surface area contributed by atoms with E-state index in [1.54, 1.807) is 6.92 Å². The average molecular weight is 429 g/mol. The van der Waals surface area contributed by atoms with Gasteiger partial charge in [-0.2, -0.15) is 8.78 Å². The molecule has 0 radical (unpaired) electrons. The molecule has 0 atom stereocenters. The molecule has 0 aliphatic heterocycles. The largest absolute Gasteiger partial charge is 0.435 e. The lowest BCUT2D eigenvalue weighted by molar-refractivity contribution is -0.118. The number of aromatic nitrogens is 3. The Balaban J connectivity index is 1.83. The summed E-state index contributed by atoms with van der Waals surface area (Å²) in [6.45, 7) is -0.835. The van der Waals surface area contributed by atoms with Gasteiger partial charge in [0.05, 0.1) is 11.4 Å². The first-order valence-corrected chi connectivity index (χ1v) is 9.44. The summed E-state index contributed by atoms with van der Waals surface area (Å²) in [5.41, 5.74) is 7.25. The smallest absolute Gasteiger partial charge is 0.387 e. The Morgan fingerprint density at radius 3 is 2.42 bits per heavy atom. The van der Waals surface area contributed by atoms with Gasteiger partial charge in [-0.1, -0.05) is 35.5 Å². The average Bonchev–Trinajstić information content (AvgIpc) is 3.12. The van der Waals surface area contributed by atoms with Crippen molar-refractivity contribution in [2.45, 2.75) is 26.5 Å². The zero-order valence-electron chi connectivity index (χ0n) is 16.7. The monoisotopic (exact) mass is 429 g/mol. The van der Waals surface area contributed by atoms with Gasteiger partial charge in [-0.25, -0.2) is 4.68 Å². The number of primary amides is 1. The van der Waals surface area contributed by atoms with Gasteiger partial charge in [0.15, 0.2) is 5.69 Å². The van der Waals surface area contributed by atoms with E-state index >= 15 is 0 Å². The van der Waals surface area contributed by atoms with Gasteiger partial charge in [-0.15, -0.1) is 5.10 Å². The predicted molar refractivity (Wildman–Crippen MR) is 108 cm³/mol. The molecule has 162 valence electrons.